The molecular weight excluding hydrogens is 559 g/mol. The molecule has 1 aliphatic heterocycles. The third-order valence-electron chi connectivity index (χ3n) is 4.43. The van der Waals surface area contributed by atoms with E-state index >= 15 is 0 Å². The minimum atomic E-state index is -8.82. The summed E-state index contributed by atoms with van der Waals surface area (Å²) in [6.07, 6.45) is -7.86. The van der Waals surface area contributed by atoms with Gasteiger partial charge < -0.3 is 5.32 Å². The Labute approximate surface area is 177 Å². The number of halogens is 17. The highest BCUT2D eigenvalue weighted by Crippen LogP contribution is 2.64. The van der Waals surface area contributed by atoms with Crippen molar-refractivity contribution in [1.29, 1.82) is 0 Å². The van der Waals surface area contributed by atoms with Gasteiger partial charge in [-0.3, -0.25) is 0 Å². The molecular formula is C12H9F17N2O2S. The molecule has 0 aromatic heterocycles. The first-order chi connectivity index (χ1) is 14.6. The maximum Gasteiger partial charge on any atom is 0.460 e. The van der Waals surface area contributed by atoms with E-state index in [-0.39, 0.29) is 0 Å². The van der Waals surface area contributed by atoms with E-state index in [0.29, 0.717) is 0 Å². The van der Waals surface area contributed by atoms with Gasteiger partial charge in [0.05, 0.1) is 0 Å². The predicted octanol–water partition coefficient (Wildman–Crippen LogP) is 4.19. The quantitative estimate of drug-likeness (QED) is 0.448. The summed E-state index contributed by atoms with van der Waals surface area (Å²) in [7, 11) is -7.16. The second-order valence-corrected chi connectivity index (χ2v) is 8.59. The van der Waals surface area contributed by atoms with E-state index in [4.69, 9.17) is 0 Å². The monoisotopic (exact) mass is 568 g/mol. The predicted molar refractivity (Wildman–Crippen MR) is 74.0 cm³/mol. The van der Waals surface area contributed by atoms with Crippen molar-refractivity contribution in [3.05, 3.63) is 0 Å². The standard InChI is InChI=1S/C12H9F17N2O2S/c13-5(14,7(17,18)9(21,22)11(25,26)27)6(15,16)8(19,20)10(23,24)12(28,29)34(32,33)31-3-1-30-2-4-31/h30H,1-4H2. The summed E-state index contributed by atoms with van der Waals surface area (Å²) in [4.78, 5) is 0. The minimum Gasteiger partial charge on any atom is -0.314 e. The Bertz CT molecular complexity index is 860. The van der Waals surface area contributed by atoms with Gasteiger partial charge in [0.25, 0.3) is 10.0 Å². The van der Waals surface area contributed by atoms with Crippen molar-refractivity contribution < 1.29 is 83.1 Å². The van der Waals surface area contributed by atoms with E-state index in [1.165, 1.54) is 0 Å². The molecule has 0 aliphatic carbocycles. The molecule has 0 aromatic rings. The maximum atomic E-state index is 13.9. The first-order valence-corrected chi connectivity index (χ1v) is 9.46. The van der Waals surface area contributed by atoms with Crippen molar-refractivity contribution in [1.82, 2.24) is 9.62 Å². The van der Waals surface area contributed by atoms with Crippen LogP contribution in [0.1, 0.15) is 0 Å². The van der Waals surface area contributed by atoms with Gasteiger partial charge in [0.2, 0.25) is 0 Å². The van der Waals surface area contributed by atoms with Crippen LogP contribution < -0.4 is 5.32 Å². The Balaban J connectivity index is 3.68. The second kappa shape index (κ2) is 8.10. The Kier molecular flexibility index (Phi) is 7.31. The topological polar surface area (TPSA) is 49.4 Å². The Hall–Kier alpha value is -1.32. The molecule has 4 nitrogen and oxygen atoms in total. The minimum absolute atomic E-state index is 0.607. The summed E-state index contributed by atoms with van der Waals surface area (Å²) < 4.78 is 247. The third kappa shape index (κ3) is 3.77. The molecule has 0 spiro atoms. The molecule has 0 saturated carbocycles. The SMILES string of the molecule is O=S(=O)(N1CCNCC1)C(F)(F)C(F)(F)C(F)(F)C(F)(F)C(F)(F)C(F)(F)C(F)(F)C(F)(F)F. The van der Waals surface area contributed by atoms with E-state index < -0.39 is 87.5 Å². The van der Waals surface area contributed by atoms with Crippen LogP contribution in [0.25, 0.3) is 0 Å². The van der Waals surface area contributed by atoms with Gasteiger partial charge in [-0.1, -0.05) is 0 Å². The third-order valence-corrected chi connectivity index (χ3v) is 6.38. The van der Waals surface area contributed by atoms with E-state index in [2.05, 4.69) is 5.32 Å². The highest BCUT2D eigenvalue weighted by atomic mass is 32.2. The summed E-state index contributed by atoms with van der Waals surface area (Å²) in [5, 5.41) is -5.24. The first-order valence-electron chi connectivity index (χ1n) is 8.02. The van der Waals surface area contributed by atoms with Crippen LogP contribution in [0.15, 0.2) is 0 Å². The van der Waals surface area contributed by atoms with Crippen LogP contribution in [0.4, 0.5) is 74.6 Å². The highest BCUT2D eigenvalue weighted by Gasteiger charge is 2.96. The van der Waals surface area contributed by atoms with Crippen LogP contribution in [0.5, 0.6) is 0 Å². The van der Waals surface area contributed by atoms with Gasteiger partial charge >= 0.3 is 47.0 Å². The second-order valence-electron chi connectivity index (χ2n) is 6.61. The number of rotatable bonds is 8. The zero-order valence-corrected chi connectivity index (χ0v) is 16.2. The van der Waals surface area contributed by atoms with Crippen LogP contribution in [0.2, 0.25) is 0 Å². The molecule has 0 atom stereocenters. The van der Waals surface area contributed by atoms with Gasteiger partial charge in [0.1, 0.15) is 0 Å². The van der Waals surface area contributed by atoms with Crippen molar-refractivity contribution in [2.75, 3.05) is 26.2 Å². The zero-order chi connectivity index (χ0) is 27.6. The molecule has 204 valence electrons. The normalized spacial score (nSPS) is 19.4. The first kappa shape index (κ1) is 30.7. The summed E-state index contributed by atoms with van der Waals surface area (Å²) >= 11 is 0. The number of nitrogens with one attached hydrogen (secondary N) is 1. The van der Waals surface area contributed by atoms with Crippen molar-refractivity contribution in [3.63, 3.8) is 0 Å². The van der Waals surface area contributed by atoms with E-state index in [0.717, 1.165) is 0 Å². The van der Waals surface area contributed by atoms with E-state index in [1.54, 1.807) is 0 Å². The molecule has 0 aromatic carbocycles. The van der Waals surface area contributed by atoms with Crippen molar-refractivity contribution in [2.45, 2.75) is 47.0 Å². The molecule has 22 heteroatoms. The maximum absolute atomic E-state index is 13.9. The molecule has 1 rings (SSSR count). The van der Waals surface area contributed by atoms with Gasteiger partial charge in [0.15, 0.2) is 0 Å². The van der Waals surface area contributed by atoms with Crippen LogP contribution >= 0.6 is 0 Å². The summed E-state index contributed by atoms with van der Waals surface area (Å²) in [6, 6.07) is 0. The van der Waals surface area contributed by atoms with Crippen LogP contribution in [0, 0.1) is 0 Å². The number of nitrogens with zero attached hydrogens (tertiary/aromatic N) is 1. The van der Waals surface area contributed by atoms with Crippen molar-refractivity contribution in [3.8, 4) is 0 Å². The lowest BCUT2D eigenvalue weighted by Gasteiger charge is -2.43. The van der Waals surface area contributed by atoms with Gasteiger partial charge in [-0.2, -0.15) is 78.9 Å². The Morgan fingerprint density at radius 3 is 1.12 bits per heavy atom. The number of sulfonamides is 1. The van der Waals surface area contributed by atoms with Gasteiger partial charge in [-0.05, 0) is 0 Å². The molecule has 34 heavy (non-hydrogen) atoms. The molecule has 1 aliphatic rings. The average Bonchev–Trinajstić information content (AvgIpc) is 2.66. The van der Waals surface area contributed by atoms with Gasteiger partial charge in [-0.25, -0.2) is 8.42 Å². The summed E-state index contributed by atoms with van der Waals surface area (Å²) in [6.45, 7) is -3.60. The fourth-order valence-corrected chi connectivity index (χ4v) is 3.80. The number of hydrogen-bond acceptors (Lipinski definition) is 3. The molecule has 1 heterocycles. The zero-order valence-electron chi connectivity index (χ0n) is 15.4. The van der Waals surface area contributed by atoms with E-state index in [1.807, 2.05) is 0 Å². The van der Waals surface area contributed by atoms with E-state index in [9.17, 15) is 83.1 Å². The van der Waals surface area contributed by atoms with Gasteiger partial charge in [-0.15, -0.1) is 0 Å². The fourth-order valence-electron chi connectivity index (χ4n) is 2.36. The average molecular weight is 568 g/mol. The number of alkyl halides is 17. The van der Waals surface area contributed by atoms with Crippen LogP contribution in [-0.2, 0) is 10.0 Å². The Morgan fingerprint density at radius 1 is 0.500 bits per heavy atom. The van der Waals surface area contributed by atoms with Crippen LogP contribution in [-0.4, -0.2) is 85.9 Å². The highest BCUT2D eigenvalue weighted by molar-refractivity contribution is 7.90. The fraction of sp³-hybridized carbons (Fsp3) is 1.00. The van der Waals surface area contributed by atoms with Gasteiger partial charge in [0, 0.05) is 26.2 Å². The molecule has 1 saturated heterocycles. The molecule has 0 radical (unpaired) electrons. The largest absolute Gasteiger partial charge is 0.460 e. The number of piperazine rings is 1. The molecule has 1 fully saturated rings. The number of hydrogen-bond donors (Lipinski definition) is 1. The molecule has 1 N–H and O–H groups in total. The summed E-state index contributed by atoms with van der Waals surface area (Å²) in [5.41, 5.74) is 0. The lowest BCUT2D eigenvalue weighted by Crippen LogP contribution is -2.75. The molecule has 0 unspecified atom stereocenters. The van der Waals surface area contributed by atoms with Crippen molar-refractivity contribution in [2.24, 2.45) is 0 Å². The molecule has 0 bridgehead atoms. The molecule has 0 amide bonds. The lowest BCUT2D eigenvalue weighted by molar-refractivity contribution is -0.458. The summed E-state index contributed by atoms with van der Waals surface area (Å²) in [5.74, 6) is -51.5. The lowest BCUT2D eigenvalue weighted by atomic mass is 9.91. The van der Waals surface area contributed by atoms with Crippen molar-refractivity contribution >= 4 is 10.0 Å². The Morgan fingerprint density at radius 2 is 0.794 bits per heavy atom. The van der Waals surface area contributed by atoms with Crippen LogP contribution in [0.3, 0.4) is 0 Å². The smallest absolute Gasteiger partial charge is 0.314 e.